The van der Waals surface area contributed by atoms with Crippen LogP contribution in [-0.2, 0) is 28.4 Å². The van der Waals surface area contributed by atoms with Crippen LogP contribution in [0.2, 0.25) is 0 Å². The average molecular weight is 676 g/mol. The minimum Gasteiger partial charge on any atom is -0.491 e. The lowest BCUT2D eigenvalue weighted by molar-refractivity contribution is -0.192. The standard InChI is InChI=1S/C33H35F2N9O5/c34-24-2-8-29(30(35)16-24)33(20-42-22-36-21-38-42)48-19-28(49-33)18-47-27-6-3-25(4-7-27)40-11-13-41(14-12-40)31-9-5-26(17-37-31)43-23-39-44(32(43)46)10-1-15-45/h2-9,16-17,21-23,28,45H,1,10-15,18-20H2/t28-,33-/m0/s1. The molecule has 2 aromatic carbocycles. The summed E-state index contributed by atoms with van der Waals surface area (Å²) >= 11 is 0. The summed E-state index contributed by atoms with van der Waals surface area (Å²) in [6.45, 7) is 3.80. The predicted molar refractivity (Wildman–Crippen MR) is 173 cm³/mol. The molecule has 0 amide bonds. The molecule has 5 heterocycles. The highest BCUT2D eigenvalue weighted by molar-refractivity contribution is 5.52. The normalized spacial score (nSPS) is 19.4. The van der Waals surface area contributed by atoms with Gasteiger partial charge in [-0.1, -0.05) is 0 Å². The van der Waals surface area contributed by atoms with Crippen molar-refractivity contribution in [1.29, 1.82) is 0 Å². The van der Waals surface area contributed by atoms with Gasteiger partial charge in [-0.2, -0.15) is 10.2 Å². The van der Waals surface area contributed by atoms with E-state index in [1.54, 1.807) is 6.20 Å². The van der Waals surface area contributed by atoms with Crippen molar-refractivity contribution in [2.45, 2.75) is 31.4 Å². The maximum atomic E-state index is 14.9. The van der Waals surface area contributed by atoms with Crippen molar-refractivity contribution in [3.05, 3.63) is 107 Å². The monoisotopic (exact) mass is 675 g/mol. The maximum absolute atomic E-state index is 14.9. The van der Waals surface area contributed by atoms with Crippen molar-refractivity contribution >= 4 is 11.5 Å². The molecule has 14 nitrogen and oxygen atoms in total. The molecule has 7 rings (SSSR count). The van der Waals surface area contributed by atoms with Crippen LogP contribution in [0.3, 0.4) is 0 Å². The summed E-state index contributed by atoms with van der Waals surface area (Å²) < 4.78 is 51.0. The van der Waals surface area contributed by atoms with Crippen LogP contribution in [0.5, 0.6) is 5.75 Å². The Bertz CT molecular complexity index is 1900. The fraction of sp³-hybridized carbons (Fsp3) is 0.364. The minimum absolute atomic E-state index is 0.00424. The Labute approximate surface area is 279 Å². The third-order valence-corrected chi connectivity index (χ3v) is 8.55. The molecule has 0 aliphatic carbocycles. The van der Waals surface area contributed by atoms with Crippen LogP contribution >= 0.6 is 0 Å². The van der Waals surface area contributed by atoms with Crippen molar-refractivity contribution in [2.24, 2.45) is 0 Å². The Balaban J connectivity index is 0.919. The number of benzene rings is 2. The zero-order valence-corrected chi connectivity index (χ0v) is 26.5. The van der Waals surface area contributed by atoms with Crippen molar-refractivity contribution in [1.82, 2.24) is 34.1 Å². The summed E-state index contributed by atoms with van der Waals surface area (Å²) in [5.74, 6) is -1.51. The fourth-order valence-corrected chi connectivity index (χ4v) is 6.01. The zero-order valence-electron chi connectivity index (χ0n) is 26.5. The van der Waals surface area contributed by atoms with Gasteiger partial charge >= 0.3 is 5.69 Å². The Morgan fingerprint density at radius 3 is 2.47 bits per heavy atom. The quantitative estimate of drug-likeness (QED) is 0.209. The number of aliphatic hydroxyl groups excluding tert-OH is 1. The highest BCUT2D eigenvalue weighted by atomic mass is 19.1. The van der Waals surface area contributed by atoms with Gasteiger partial charge in [0.25, 0.3) is 0 Å². The summed E-state index contributed by atoms with van der Waals surface area (Å²) in [5, 5.41) is 17.2. The molecule has 16 heteroatoms. The van der Waals surface area contributed by atoms with Crippen molar-refractivity contribution in [2.75, 3.05) is 55.8 Å². The molecule has 2 fully saturated rings. The average Bonchev–Trinajstić information content (AvgIpc) is 3.88. The number of ether oxygens (including phenoxy) is 3. The van der Waals surface area contributed by atoms with E-state index < -0.39 is 23.5 Å². The summed E-state index contributed by atoms with van der Waals surface area (Å²) in [4.78, 5) is 25.6. The van der Waals surface area contributed by atoms with Gasteiger partial charge in [0.1, 0.15) is 61.4 Å². The summed E-state index contributed by atoms with van der Waals surface area (Å²) in [6.07, 6.45) is 5.91. The number of aliphatic hydroxyl groups is 1. The third-order valence-electron chi connectivity index (χ3n) is 8.55. The van der Waals surface area contributed by atoms with Crippen LogP contribution in [0.4, 0.5) is 20.3 Å². The molecule has 2 saturated heterocycles. The van der Waals surface area contributed by atoms with Gasteiger partial charge in [0.15, 0.2) is 0 Å². The fourth-order valence-electron chi connectivity index (χ4n) is 6.01. The van der Waals surface area contributed by atoms with Crippen LogP contribution < -0.4 is 20.2 Å². The number of nitrogens with zero attached hydrogens (tertiary/aromatic N) is 9. The molecule has 0 unspecified atom stereocenters. The van der Waals surface area contributed by atoms with E-state index in [9.17, 15) is 13.6 Å². The molecule has 1 N–H and O–H groups in total. The highest BCUT2D eigenvalue weighted by Crippen LogP contribution is 2.38. The Hall–Kier alpha value is -5.19. The maximum Gasteiger partial charge on any atom is 0.350 e. The number of hydrogen-bond acceptors (Lipinski definition) is 11. The highest BCUT2D eigenvalue weighted by Gasteiger charge is 2.46. The zero-order chi connectivity index (χ0) is 33.8. The molecule has 2 aliphatic heterocycles. The second kappa shape index (κ2) is 14.1. The van der Waals surface area contributed by atoms with Gasteiger partial charge in [-0.3, -0.25) is 0 Å². The lowest BCUT2D eigenvalue weighted by atomic mass is 10.0. The van der Waals surface area contributed by atoms with Crippen LogP contribution in [0.15, 0.2) is 84.6 Å². The van der Waals surface area contributed by atoms with Crippen LogP contribution in [0.25, 0.3) is 5.69 Å². The van der Waals surface area contributed by atoms with Crippen molar-refractivity contribution < 1.29 is 28.1 Å². The molecule has 5 aromatic rings. The molecule has 0 saturated carbocycles. The first kappa shape index (κ1) is 32.4. The van der Waals surface area contributed by atoms with Gasteiger partial charge in [-0.15, -0.1) is 0 Å². The Kier molecular flexibility index (Phi) is 9.32. The molecule has 0 radical (unpaired) electrons. The van der Waals surface area contributed by atoms with E-state index in [4.69, 9.17) is 19.3 Å². The van der Waals surface area contributed by atoms with Gasteiger partial charge in [-0.25, -0.2) is 37.5 Å². The second-order valence-electron chi connectivity index (χ2n) is 11.8. The van der Waals surface area contributed by atoms with Crippen molar-refractivity contribution in [3.63, 3.8) is 0 Å². The number of hydrogen-bond donors (Lipinski definition) is 1. The van der Waals surface area contributed by atoms with Crippen molar-refractivity contribution in [3.8, 4) is 11.4 Å². The summed E-state index contributed by atoms with van der Waals surface area (Å²) in [5.41, 5.74) is 1.49. The number of anilines is 2. The summed E-state index contributed by atoms with van der Waals surface area (Å²) in [6, 6.07) is 14.9. The summed E-state index contributed by atoms with van der Waals surface area (Å²) in [7, 11) is 0. The van der Waals surface area contributed by atoms with Gasteiger partial charge < -0.3 is 29.1 Å². The SMILES string of the molecule is O=c1n(-c2ccc(N3CCN(c4ccc(OC[C@H]5CO[C@](Cn6cncn6)(c6ccc(F)cc6F)O5)cc4)CC3)nc2)cnn1CCCO. The molecule has 2 aliphatic rings. The Morgan fingerprint density at radius 1 is 0.959 bits per heavy atom. The number of halogens is 2. The van der Waals surface area contributed by atoms with E-state index >= 15 is 0 Å². The predicted octanol–water partition coefficient (Wildman–Crippen LogP) is 2.36. The number of pyridine rings is 1. The number of rotatable bonds is 12. The molecule has 0 spiro atoms. The van der Waals surface area contributed by atoms with E-state index in [0.29, 0.717) is 24.4 Å². The molecule has 256 valence electrons. The van der Waals surface area contributed by atoms with Gasteiger partial charge in [0, 0.05) is 56.6 Å². The lowest BCUT2D eigenvalue weighted by Crippen LogP contribution is -2.46. The molecular formula is C33H35F2N9O5. The number of aryl methyl sites for hydroxylation is 1. The number of aromatic nitrogens is 7. The van der Waals surface area contributed by atoms with Gasteiger partial charge in [-0.05, 0) is 55.0 Å². The largest absolute Gasteiger partial charge is 0.491 e. The van der Waals surface area contributed by atoms with E-state index in [2.05, 4.69) is 30.0 Å². The molecule has 0 bridgehead atoms. The number of piperazine rings is 1. The smallest absolute Gasteiger partial charge is 0.350 e. The van der Waals surface area contributed by atoms with Crippen LogP contribution in [0, 0.1) is 11.6 Å². The van der Waals surface area contributed by atoms with E-state index in [1.165, 1.54) is 45.0 Å². The van der Waals surface area contributed by atoms with E-state index in [0.717, 1.165) is 43.8 Å². The lowest BCUT2D eigenvalue weighted by Gasteiger charge is -2.36. The van der Waals surface area contributed by atoms with E-state index in [-0.39, 0.29) is 37.6 Å². The van der Waals surface area contributed by atoms with Gasteiger partial charge in [0.05, 0.1) is 18.5 Å². The van der Waals surface area contributed by atoms with Gasteiger partial charge in [0.2, 0.25) is 5.79 Å². The topological polar surface area (TPSA) is 138 Å². The first-order chi connectivity index (χ1) is 23.9. The molecule has 2 atom stereocenters. The van der Waals surface area contributed by atoms with Crippen LogP contribution in [-0.4, -0.2) is 91.3 Å². The second-order valence-corrected chi connectivity index (χ2v) is 11.8. The van der Waals surface area contributed by atoms with Crippen LogP contribution in [0.1, 0.15) is 12.0 Å². The Morgan fingerprint density at radius 2 is 1.76 bits per heavy atom. The van der Waals surface area contributed by atoms with E-state index in [1.807, 2.05) is 36.4 Å². The molecular weight excluding hydrogens is 640 g/mol. The molecule has 3 aromatic heterocycles. The third kappa shape index (κ3) is 7.02. The molecule has 49 heavy (non-hydrogen) atoms. The first-order valence-corrected chi connectivity index (χ1v) is 15.9. The minimum atomic E-state index is -1.52. The first-order valence-electron chi connectivity index (χ1n) is 15.9.